The summed E-state index contributed by atoms with van der Waals surface area (Å²) in [7, 11) is 1.60. The van der Waals surface area contributed by atoms with Gasteiger partial charge in [0.25, 0.3) is 0 Å². The molecule has 0 aliphatic heterocycles. The summed E-state index contributed by atoms with van der Waals surface area (Å²) in [5.41, 5.74) is 0.713. The molecule has 1 aliphatic carbocycles. The lowest BCUT2D eigenvalue weighted by Crippen LogP contribution is -2.35. The Morgan fingerprint density at radius 2 is 2.11 bits per heavy atom. The molecule has 0 radical (unpaired) electrons. The van der Waals surface area contributed by atoms with Gasteiger partial charge in [-0.05, 0) is 37.1 Å². The van der Waals surface area contributed by atoms with Crippen LogP contribution in [0, 0.1) is 5.92 Å². The fourth-order valence-electron chi connectivity index (χ4n) is 2.33. The van der Waals surface area contributed by atoms with Gasteiger partial charge in [-0.1, -0.05) is 6.42 Å². The number of methoxy groups -OCH3 is 1. The number of aliphatic hydroxyl groups is 1. The smallest absolute Gasteiger partial charge is 0.319 e. The molecule has 3 N–H and O–H groups in total. The number of nitrogens with one attached hydrogen (secondary N) is 2. The summed E-state index contributed by atoms with van der Waals surface area (Å²) in [5.74, 6) is 0.932. The number of anilines is 1. The van der Waals surface area contributed by atoms with Gasteiger partial charge in [0.1, 0.15) is 5.75 Å². The molecular weight excluding hydrogens is 244 g/mol. The van der Waals surface area contributed by atoms with Crippen molar-refractivity contribution in [1.29, 1.82) is 0 Å². The molecule has 1 aromatic rings. The first-order chi connectivity index (χ1) is 9.19. The number of urea groups is 1. The van der Waals surface area contributed by atoms with E-state index in [4.69, 9.17) is 4.74 Å². The lowest BCUT2D eigenvalue weighted by molar-refractivity contribution is 0.133. The summed E-state index contributed by atoms with van der Waals surface area (Å²) >= 11 is 0. The van der Waals surface area contributed by atoms with E-state index >= 15 is 0 Å². The van der Waals surface area contributed by atoms with Crippen LogP contribution >= 0.6 is 0 Å². The quantitative estimate of drug-likeness (QED) is 0.778. The third-order valence-electron chi connectivity index (χ3n) is 3.49. The van der Waals surface area contributed by atoms with E-state index in [-0.39, 0.29) is 18.1 Å². The summed E-state index contributed by atoms with van der Waals surface area (Å²) in [6, 6.07) is 6.89. The highest BCUT2D eigenvalue weighted by Gasteiger charge is 2.25. The molecule has 104 valence electrons. The standard InChI is InChI=1S/C14H20N2O3/c1-19-12-7-5-11(6-8-12)16-14(18)15-9-10-3-2-4-13(10)17/h5-8,10,13,17H,2-4,9H2,1H3,(H2,15,16,18). The SMILES string of the molecule is COc1ccc(NC(=O)NCC2CCCC2O)cc1. The second kappa shape index (κ2) is 6.43. The molecule has 1 aliphatic rings. The Balaban J connectivity index is 1.77. The van der Waals surface area contributed by atoms with Gasteiger partial charge in [0.15, 0.2) is 0 Å². The summed E-state index contributed by atoms with van der Waals surface area (Å²) < 4.78 is 5.04. The summed E-state index contributed by atoms with van der Waals surface area (Å²) in [5, 5.41) is 15.2. The minimum absolute atomic E-state index is 0.182. The molecule has 1 fully saturated rings. The van der Waals surface area contributed by atoms with Crippen molar-refractivity contribution < 1.29 is 14.6 Å². The second-order valence-electron chi connectivity index (χ2n) is 4.82. The Labute approximate surface area is 113 Å². The first-order valence-electron chi connectivity index (χ1n) is 6.56. The Hall–Kier alpha value is -1.75. The van der Waals surface area contributed by atoms with Gasteiger partial charge in [0.05, 0.1) is 13.2 Å². The number of hydrogen-bond acceptors (Lipinski definition) is 3. The van der Waals surface area contributed by atoms with Crippen molar-refractivity contribution in [3.8, 4) is 5.75 Å². The molecule has 0 heterocycles. The number of carbonyl (C=O) groups is 1. The number of aliphatic hydroxyl groups excluding tert-OH is 1. The molecule has 0 spiro atoms. The van der Waals surface area contributed by atoms with E-state index in [2.05, 4.69) is 10.6 Å². The van der Waals surface area contributed by atoms with Crippen LogP contribution in [-0.4, -0.2) is 30.9 Å². The van der Waals surface area contributed by atoms with Crippen molar-refractivity contribution in [3.05, 3.63) is 24.3 Å². The summed E-state index contributed by atoms with van der Waals surface area (Å²) in [6.45, 7) is 0.517. The molecule has 0 bridgehead atoms. The molecule has 1 saturated carbocycles. The monoisotopic (exact) mass is 264 g/mol. The summed E-state index contributed by atoms with van der Waals surface area (Å²) in [4.78, 5) is 11.7. The van der Waals surface area contributed by atoms with Gasteiger partial charge in [-0.2, -0.15) is 0 Å². The van der Waals surface area contributed by atoms with Crippen LogP contribution in [0.1, 0.15) is 19.3 Å². The van der Waals surface area contributed by atoms with Gasteiger partial charge >= 0.3 is 6.03 Å². The predicted molar refractivity (Wildman–Crippen MR) is 73.4 cm³/mol. The number of carbonyl (C=O) groups excluding carboxylic acids is 1. The van der Waals surface area contributed by atoms with Crippen molar-refractivity contribution in [1.82, 2.24) is 5.32 Å². The van der Waals surface area contributed by atoms with E-state index in [9.17, 15) is 9.90 Å². The van der Waals surface area contributed by atoms with Gasteiger partial charge in [-0.25, -0.2) is 4.79 Å². The van der Waals surface area contributed by atoms with Crippen molar-refractivity contribution in [2.45, 2.75) is 25.4 Å². The topological polar surface area (TPSA) is 70.6 Å². The minimum Gasteiger partial charge on any atom is -0.497 e. The molecule has 2 atom stereocenters. The minimum atomic E-state index is -0.277. The van der Waals surface area contributed by atoms with Crippen LogP contribution in [0.25, 0.3) is 0 Å². The Bertz CT molecular complexity index is 419. The first-order valence-corrected chi connectivity index (χ1v) is 6.56. The van der Waals surface area contributed by atoms with Crippen LogP contribution in [0.15, 0.2) is 24.3 Å². The molecule has 2 amide bonds. The highest BCUT2D eigenvalue weighted by molar-refractivity contribution is 5.89. The van der Waals surface area contributed by atoms with Gasteiger partial charge in [-0.15, -0.1) is 0 Å². The molecule has 5 heteroatoms. The zero-order valence-corrected chi connectivity index (χ0v) is 11.1. The third-order valence-corrected chi connectivity index (χ3v) is 3.49. The zero-order chi connectivity index (χ0) is 13.7. The van der Waals surface area contributed by atoms with Crippen LogP contribution in [-0.2, 0) is 0 Å². The molecule has 2 rings (SSSR count). The number of amides is 2. The van der Waals surface area contributed by atoms with E-state index in [1.54, 1.807) is 31.4 Å². The van der Waals surface area contributed by atoms with Crippen LogP contribution in [0.2, 0.25) is 0 Å². The maximum absolute atomic E-state index is 11.7. The van der Waals surface area contributed by atoms with E-state index in [0.29, 0.717) is 12.2 Å². The first kappa shape index (κ1) is 13.7. The van der Waals surface area contributed by atoms with Crippen LogP contribution in [0.5, 0.6) is 5.75 Å². The van der Waals surface area contributed by atoms with Crippen LogP contribution in [0.3, 0.4) is 0 Å². The fourth-order valence-corrected chi connectivity index (χ4v) is 2.33. The highest BCUT2D eigenvalue weighted by Crippen LogP contribution is 2.24. The molecule has 2 unspecified atom stereocenters. The van der Waals surface area contributed by atoms with Crippen molar-refractivity contribution in [2.24, 2.45) is 5.92 Å². The average Bonchev–Trinajstić information content (AvgIpc) is 2.83. The number of ether oxygens (including phenoxy) is 1. The molecule has 1 aromatic carbocycles. The Kier molecular flexibility index (Phi) is 4.63. The van der Waals surface area contributed by atoms with E-state index in [0.717, 1.165) is 25.0 Å². The van der Waals surface area contributed by atoms with Crippen LogP contribution in [0.4, 0.5) is 10.5 Å². The van der Waals surface area contributed by atoms with Gasteiger partial charge in [0.2, 0.25) is 0 Å². The number of rotatable bonds is 4. The molecular formula is C14H20N2O3. The Morgan fingerprint density at radius 3 is 2.68 bits per heavy atom. The van der Waals surface area contributed by atoms with E-state index < -0.39 is 0 Å². The van der Waals surface area contributed by atoms with Gasteiger partial charge in [-0.3, -0.25) is 0 Å². The lowest BCUT2D eigenvalue weighted by Gasteiger charge is -2.15. The summed E-state index contributed by atoms with van der Waals surface area (Å²) in [6.07, 6.45) is 2.57. The molecule has 0 aromatic heterocycles. The van der Waals surface area contributed by atoms with Gasteiger partial charge < -0.3 is 20.5 Å². The average molecular weight is 264 g/mol. The third kappa shape index (κ3) is 3.86. The number of hydrogen-bond donors (Lipinski definition) is 3. The molecule has 5 nitrogen and oxygen atoms in total. The normalized spacial score (nSPS) is 22.0. The Morgan fingerprint density at radius 1 is 1.37 bits per heavy atom. The van der Waals surface area contributed by atoms with Crippen LogP contribution < -0.4 is 15.4 Å². The van der Waals surface area contributed by atoms with E-state index in [1.165, 1.54) is 0 Å². The van der Waals surface area contributed by atoms with Gasteiger partial charge in [0, 0.05) is 18.2 Å². The molecule has 19 heavy (non-hydrogen) atoms. The van der Waals surface area contributed by atoms with Crippen molar-refractivity contribution >= 4 is 11.7 Å². The molecule has 0 saturated heterocycles. The largest absolute Gasteiger partial charge is 0.497 e. The maximum Gasteiger partial charge on any atom is 0.319 e. The second-order valence-corrected chi connectivity index (χ2v) is 4.82. The lowest BCUT2D eigenvalue weighted by atomic mass is 10.1. The fraction of sp³-hybridized carbons (Fsp3) is 0.500. The van der Waals surface area contributed by atoms with E-state index in [1.807, 2.05) is 0 Å². The number of benzene rings is 1. The highest BCUT2D eigenvalue weighted by atomic mass is 16.5. The zero-order valence-electron chi connectivity index (χ0n) is 11.1. The van der Waals surface area contributed by atoms with Crippen molar-refractivity contribution in [3.63, 3.8) is 0 Å². The predicted octanol–water partition coefficient (Wildman–Crippen LogP) is 1.98. The van der Waals surface area contributed by atoms with Crippen molar-refractivity contribution in [2.75, 3.05) is 19.0 Å². The maximum atomic E-state index is 11.7.